The molecule has 0 amide bonds. The SMILES string of the molecule is COc1ccccc1CC(Cc1nc(C)c(C)s1)NN. The molecule has 1 aromatic carbocycles. The predicted molar refractivity (Wildman–Crippen MR) is 83.1 cm³/mol. The summed E-state index contributed by atoms with van der Waals surface area (Å²) in [4.78, 5) is 5.85. The molecule has 4 nitrogen and oxygen atoms in total. The highest BCUT2D eigenvalue weighted by atomic mass is 32.1. The molecule has 108 valence electrons. The minimum atomic E-state index is 0.149. The second-order valence-corrected chi connectivity index (χ2v) is 6.12. The molecule has 1 atom stereocenters. The number of nitrogens with zero attached hydrogens (tertiary/aromatic N) is 1. The number of hydrazine groups is 1. The number of rotatable bonds is 6. The Kier molecular flexibility index (Phi) is 5.11. The lowest BCUT2D eigenvalue weighted by atomic mass is 10.0. The molecule has 0 radical (unpaired) electrons. The van der Waals surface area contributed by atoms with E-state index in [0.717, 1.165) is 34.9 Å². The van der Waals surface area contributed by atoms with Crippen LogP contribution >= 0.6 is 11.3 Å². The molecule has 2 rings (SSSR count). The van der Waals surface area contributed by atoms with Gasteiger partial charge in [0, 0.05) is 17.3 Å². The molecule has 0 aliphatic heterocycles. The van der Waals surface area contributed by atoms with Crippen molar-refractivity contribution in [2.75, 3.05) is 7.11 Å². The van der Waals surface area contributed by atoms with Crippen molar-refractivity contribution in [2.45, 2.75) is 32.7 Å². The standard InChI is InChI=1S/C15H21N3OS/c1-10-11(2)20-15(17-10)9-13(18-16)8-12-6-4-5-7-14(12)19-3/h4-7,13,18H,8-9,16H2,1-3H3. The Bertz CT molecular complexity index is 548. The third kappa shape index (κ3) is 3.56. The number of nitrogens with one attached hydrogen (secondary N) is 1. The van der Waals surface area contributed by atoms with Gasteiger partial charge in [0.25, 0.3) is 0 Å². The Labute approximate surface area is 124 Å². The summed E-state index contributed by atoms with van der Waals surface area (Å²) in [5.74, 6) is 6.59. The second kappa shape index (κ2) is 6.83. The van der Waals surface area contributed by atoms with E-state index in [1.807, 2.05) is 25.1 Å². The van der Waals surface area contributed by atoms with Gasteiger partial charge in [0.05, 0.1) is 17.8 Å². The number of thiazole rings is 1. The van der Waals surface area contributed by atoms with Gasteiger partial charge in [-0.25, -0.2) is 4.98 Å². The smallest absolute Gasteiger partial charge is 0.122 e. The van der Waals surface area contributed by atoms with Gasteiger partial charge in [-0.1, -0.05) is 18.2 Å². The largest absolute Gasteiger partial charge is 0.496 e. The van der Waals surface area contributed by atoms with E-state index in [1.54, 1.807) is 18.4 Å². The van der Waals surface area contributed by atoms with E-state index in [4.69, 9.17) is 10.6 Å². The van der Waals surface area contributed by atoms with Gasteiger partial charge >= 0.3 is 0 Å². The van der Waals surface area contributed by atoms with E-state index in [-0.39, 0.29) is 6.04 Å². The lowest BCUT2D eigenvalue weighted by Gasteiger charge is -2.16. The number of benzene rings is 1. The first-order chi connectivity index (χ1) is 9.63. The maximum atomic E-state index is 5.69. The molecule has 0 spiro atoms. The van der Waals surface area contributed by atoms with Crippen LogP contribution in [0.4, 0.5) is 0 Å². The molecule has 0 saturated heterocycles. The molecule has 2 aromatic rings. The molecule has 3 N–H and O–H groups in total. The van der Waals surface area contributed by atoms with Crippen LogP contribution in [0.3, 0.4) is 0 Å². The zero-order valence-corrected chi connectivity index (χ0v) is 13.0. The normalized spacial score (nSPS) is 12.4. The minimum Gasteiger partial charge on any atom is -0.496 e. The molecule has 1 aromatic heterocycles. The van der Waals surface area contributed by atoms with Gasteiger partial charge in [-0.3, -0.25) is 11.3 Å². The number of para-hydroxylation sites is 1. The molecule has 0 bridgehead atoms. The number of hydrogen-bond donors (Lipinski definition) is 2. The molecule has 1 unspecified atom stereocenters. The highest BCUT2D eigenvalue weighted by Crippen LogP contribution is 2.22. The van der Waals surface area contributed by atoms with E-state index < -0.39 is 0 Å². The lowest BCUT2D eigenvalue weighted by Crippen LogP contribution is -2.38. The lowest BCUT2D eigenvalue weighted by molar-refractivity contribution is 0.404. The van der Waals surface area contributed by atoms with E-state index in [9.17, 15) is 0 Å². The topological polar surface area (TPSA) is 60.2 Å². The molecule has 1 heterocycles. The van der Waals surface area contributed by atoms with Crippen LogP contribution in [0, 0.1) is 13.8 Å². The zero-order valence-electron chi connectivity index (χ0n) is 12.1. The minimum absolute atomic E-state index is 0.149. The van der Waals surface area contributed by atoms with Crippen molar-refractivity contribution >= 4 is 11.3 Å². The fourth-order valence-corrected chi connectivity index (χ4v) is 3.18. The first-order valence-electron chi connectivity index (χ1n) is 6.65. The molecule has 5 heteroatoms. The maximum absolute atomic E-state index is 5.69. The van der Waals surface area contributed by atoms with Gasteiger partial charge in [0.15, 0.2) is 0 Å². The number of ether oxygens (including phenoxy) is 1. The van der Waals surface area contributed by atoms with Crippen molar-refractivity contribution < 1.29 is 4.74 Å². The Hall–Kier alpha value is -1.43. The van der Waals surface area contributed by atoms with Gasteiger partial charge in [-0.05, 0) is 31.9 Å². The third-order valence-electron chi connectivity index (χ3n) is 3.39. The summed E-state index contributed by atoms with van der Waals surface area (Å²) in [6.45, 7) is 4.14. The van der Waals surface area contributed by atoms with Crippen molar-refractivity contribution in [3.63, 3.8) is 0 Å². The first-order valence-corrected chi connectivity index (χ1v) is 7.46. The van der Waals surface area contributed by atoms with Crippen LogP contribution in [0.25, 0.3) is 0 Å². The number of methoxy groups -OCH3 is 1. The summed E-state index contributed by atoms with van der Waals surface area (Å²) in [6, 6.07) is 8.18. The summed E-state index contributed by atoms with van der Waals surface area (Å²) in [5, 5.41) is 1.12. The fourth-order valence-electron chi connectivity index (χ4n) is 2.16. The summed E-state index contributed by atoms with van der Waals surface area (Å²) in [5.41, 5.74) is 5.15. The number of aromatic nitrogens is 1. The molecular weight excluding hydrogens is 270 g/mol. The highest BCUT2D eigenvalue weighted by Gasteiger charge is 2.14. The molecule has 0 saturated carbocycles. The van der Waals surface area contributed by atoms with E-state index in [2.05, 4.69) is 23.4 Å². The quantitative estimate of drug-likeness (QED) is 0.634. The third-order valence-corrected chi connectivity index (χ3v) is 4.48. The molecule has 0 fully saturated rings. The van der Waals surface area contributed by atoms with Crippen molar-refractivity contribution in [3.05, 3.63) is 45.4 Å². The van der Waals surface area contributed by atoms with Crippen molar-refractivity contribution in [2.24, 2.45) is 5.84 Å². The number of hydrogen-bond acceptors (Lipinski definition) is 5. The van der Waals surface area contributed by atoms with Gasteiger partial charge in [-0.15, -0.1) is 11.3 Å². The second-order valence-electron chi connectivity index (χ2n) is 4.83. The number of aryl methyl sites for hydroxylation is 2. The van der Waals surface area contributed by atoms with E-state index in [0.29, 0.717) is 0 Å². The summed E-state index contributed by atoms with van der Waals surface area (Å²) < 4.78 is 5.38. The van der Waals surface area contributed by atoms with Crippen LogP contribution in [0.2, 0.25) is 0 Å². The van der Waals surface area contributed by atoms with Crippen LogP contribution in [0.5, 0.6) is 5.75 Å². The van der Waals surface area contributed by atoms with Crippen molar-refractivity contribution in [1.82, 2.24) is 10.4 Å². The average Bonchev–Trinajstić information content (AvgIpc) is 2.77. The van der Waals surface area contributed by atoms with Gasteiger partial charge in [0.1, 0.15) is 5.75 Å². The highest BCUT2D eigenvalue weighted by molar-refractivity contribution is 7.11. The first kappa shape index (κ1) is 15.0. The van der Waals surface area contributed by atoms with E-state index in [1.165, 1.54) is 4.88 Å². The Morgan fingerprint density at radius 3 is 2.65 bits per heavy atom. The van der Waals surface area contributed by atoms with Crippen LogP contribution in [-0.2, 0) is 12.8 Å². The van der Waals surface area contributed by atoms with Crippen LogP contribution in [0.15, 0.2) is 24.3 Å². The molecule has 20 heavy (non-hydrogen) atoms. The van der Waals surface area contributed by atoms with Crippen LogP contribution in [-0.4, -0.2) is 18.1 Å². The predicted octanol–water partition coefficient (Wildman–Crippen LogP) is 2.39. The van der Waals surface area contributed by atoms with Crippen LogP contribution < -0.4 is 16.0 Å². The van der Waals surface area contributed by atoms with E-state index >= 15 is 0 Å². The number of nitrogens with two attached hydrogens (primary N) is 1. The Balaban J connectivity index is 2.09. The zero-order chi connectivity index (χ0) is 14.5. The summed E-state index contributed by atoms with van der Waals surface area (Å²) in [6.07, 6.45) is 1.64. The van der Waals surface area contributed by atoms with Crippen LogP contribution in [0.1, 0.15) is 21.1 Å². The molecule has 0 aliphatic carbocycles. The summed E-state index contributed by atoms with van der Waals surface area (Å²) in [7, 11) is 1.69. The van der Waals surface area contributed by atoms with Gasteiger partial charge in [-0.2, -0.15) is 0 Å². The summed E-state index contributed by atoms with van der Waals surface area (Å²) >= 11 is 1.74. The average molecular weight is 291 g/mol. The monoisotopic (exact) mass is 291 g/mol. The Morgan fingerprint density at radius 2 is 2.05 bits per heavy atom. The maximum Gasteiger partial charge on any atom is 0.122 e. The molecule has 0 aliphatic rings. The van der Waals surface area contributed by atoms with Gasteiger partial charge in [0.2, 0.25) is 0 Å². The van der Waals surface area contributed by atoms with Gasteiger partial charge < -0.3 is 4.74 Å². The van der Waals surface area contributed by atoms with Crippen molar-refractivity contribution in [1.29, 1.82) is 0 Å². The Morgan fingerprint density at radius 1 is 1.30 bits per heavy atom. The molecular formula is C15H21N3OS. The fraction of sp³-hybridized carbons (Fsp3) is 0.400. The van der Waals surface area contributed by atoms with Crippen molar-refractivity contribution in [3.8, 4) is 5.75 Å².